The summed E-state index contributed by atoms with van der Waals surface area (Å²) in [6, 6.07) is 6.90. The summed E-state index contributed by atoms with van der Waals surface area (Å²) in [7, 11) is 0. The van der Waals surface area contributed by atoms with Gasteiger partial charge < -0.3 is 5.73 Å². The number of aromatic nitrogens is 1. The fraction of sp³-hybridized carbons (Fsp3) is 0.643. The van der Waals surface area contributed by atoms with Crippen LogP contribution in [0.3, 0.4) is 0 Å². The van der Waals surface area contributed by atoms with Crippen molar-refractivity contribution in [2.24, 2.45) is 11.7 Å². The average molecular weight is 270 g/mol. The summed E-state index contributed by atoms with van der Waals surface area (Å²) in [4.78, 5) is 6.96. The molecule has 1 aromatic heterocycles. The third-order valence-electron chi connectivity index (χ3n) is 3.98. The maximum atomic E-state index is 5.97. The van der Waals surface area contributed by atoms with Crippen LogP contribution in [-0.4, -0.2) is 29.0 Å². The second kappa shape index (κ2) is 7.07. The first-order valence-electron chi connectivity index (χ1n) is 6.59. The third kappa shape index (κ3) is 3.67. The maximum Gasteiger partial charge on any atom is 0.0572 e. The predicted molar refractivity (Wildman–Crippen MR) is 77.8 cm³/mol. The third-order valence-corrected chi connectivity index (χ3v) is 3.98. The van der Waals surface area contributed by atoms with Gasteiger partial charge in [-0.25, -0.2) is 0 Å². The molecule has 2 rings (SSSR count). The van der Waals surface area contributed by atoms with E-state index in [9.17, 15) is 0 Å². The van der Waals surface area contributed by atoms with Crippen LogP contribution >= 0.6 is 12.4 Å². The Morgan fingerprint density at radius 3 is 2.44 bits per heavy atom. The van der Waals surface area contributed by atoms with Crippen molar-refractivity contribution >= 4 is 12.4 Å². The first-order valence-corrected chi connectivity index (χ1v) is 6.59. The van der Waals surface area contributed by atoms with Gasteiger partial charge >= 0.3 is 0 Å². The fourth-order valence-corrected chi connectivity index (χ4v) is 2.64. The number of rotatable bonds is 3. The van der Waals surface area contributed by atoms with Crippen molar-refractivity contribution in [1.29, 1.82) is 0 Å². The molecule has 18 heavy (non-hydrogen) atoms. The second-order valence-corrected chi connectivity index (χ2v) is 5.16. The molecule has 0 bridgehead atoms. The summed E-state index contributed by atoms with van der Waals surface area (Å²) in [5.41, 5.74) is 7.14. The van der Waals surface area contributed by atoms with E-state index in [0.29, 0.717) is 18.0 Å². The Hall–Kier alpha value is -0.640. The number of hydrogen-bond acceptors (Lipinski definition) is 3. The van der Waals surface area contributed by atoms with E-state index in [-0.39, 0.29) is 12.4 Å². The van der Waals surface area contributed by atoms with E-state index in [4.69, 9.17) is 5.73 Å². The summed E-state index contributed by atoms with van der Waals surface area (Å²) >= 11 is 0. The number of pyridine rings is 1. The Bertz CT molecular complexity index is 334. The largest absolute Gasteiger partial charge is 0.328 e. The van der Waals surface area contributed by atoms with Gasteiger partial charge in [-0.05, 0) is 57.8 Å². The van der Waals surface area contributed by atoms with Gasteiger partial charge in [0.2, 0.25) is 0 Å². The minimum atomic E-state index is 0. The molecule has 1 saturated heterocycles. The molecule has 0 saturated carbocycles. The second-order valence-electron chi connectivity index (χ2n) is 5.16. The van der Waals surface area contributed by atoms with Crippen molar-refractivity contribution in [1.82, 2.24) is 9.88 Å². The lowest BCUT2D eigenvalue weighted by Crippen LogP contribution is -2.40. The fourth-order valence-electron chi connectivity index (χ4n) is 2.64. The van der Waals surface area contributed by atoms with Crippen LogP contribution in [0.15, 0.2) is 24.4 Å². The zero-order valence-corrected chi connectivity index (χ0v) is 12.1. The summed E-state index contributed by atoms with van der Waals surface area (Å²) in [6.45, 7) is 6.66. The van der Waals surface area contributed by atoms with E-state index in [1.807, 2.05) is 12.3 Å². The van der Waals surface area contributed by atoms with Crippen LogP contribution in [0.1, 0.15) is 38.4 Å². The highest BCUT2D eigenvalue weighted by molar-refractivity contribution is 5.85. The molecule has 0 aliphatic carbocycles. The predicted octanol–water partition coefficient (Wildman–Crippen LogP) is 2.62. The van der Waals surface area contributed by atoms with Gasteiger partial charge in [0.25, 0.3) is 0 Å². The molecule has 0 radical (unpaired) electrons. The van der Waals surface area contributed by atoms with Crippen molar-refractivity contribution in [2.75, 3.05) is 13.1 Å². The highest BCUT2D eigenvalue weighted by Crippen LogP contribution is 2.26. The standard InChI is InChI=1S/C14H23N3.ClH/c1-11(15)13-6-9-17(10-7-13)12(2)14-5-3-4-8-16-14;/h3-5,8,11-13H,6-7,9-10,15H2,1-2H3;1H. The van der Waals surface area contributed by atoms with Crippen LogP contribution in [-0.2, 0) is 0 Å². The zero-order valence-electron chi connectivity index (χ0n) is 11.2. The van der Waals surface area contributed by atoms with Gasteiger partial charge in [0.05, 0.1) is 5.69 Å². The molecule has 1 fully saturated rings. The molecule has 0 spiro atoms. The van der Waals surface area contributed by atoms with Gasteiger partial charge in [0.1, 0.15) is 0 Å². The SMILES string of the molecule is CC(N)C1CCN(C(C)c2ccccn2)CC1.Cl. The van der Waals surface area contributed by atoms with Gasteiger partial charge in [-0.3, -0.25) is 9.88 Å². The van der Waals surface area contributed by atoms with Crippen molar-refractivity contribution in [3.63, 3.8) is 0 Å². The van der Waals surface area contributed by atoms with Gasteiger partial charge in [-0.2, -0.15) is 0 Å². The molecular formula is C14H24ClN3. The Morgan fingerprint density at radius 2 is 1.94 bits per heavy atom. The van der Waals surface area contributed by atoms with E-state index < -0.39 is 0 Å². The maximum absolute atomic E-state index is 5.97. The number of nitrogens with two attached hydrogens (primary N) is 1. The molecule has 3 nitrogen and oxygen atoms in total. The van der Waals surface area contributed by atoms with E-state index in [2.05, 4.69) is 35.9 Å². The lowest BCUT2D eigenvalue weighted by Gasteiger charge is -2.37. The van der Waals surface area contributed by atoms with E-state index in [1.54, 1.807) is 0 Å². The first-order chi connectivity index (χ1) is 8.18. The molecular weight excluding hydrogens is 246 g/mol. The van der Waals surface area contributed by atoms with Gasteiger partial charge in [0.15, 0.2) is 0 Å². The van der Waals surface area contributed by atoms with Crippen molar-refractivity contribution in [2.45, 2.75) is 38.8 Å². The quantitative estimate of drug-likeness (QED) is 0.917. The zero-order chi connectivity index (χ0) is 12.3. The minimum Gasteiger partial charge on any atom is -0.328 e. The first kappa shape index (κ1) is 15.4. The topological polar surface area (TPSA) is 42.1 Å². The monoisotopic (exact) mass is 269 g/mol. The van der Waals surface area contributed by atoms with Crippen molar-refractivity contribution in [3.8, 4) is 0 Å². The molecule has 1 aliphatic heterocycles. The summed E-state index contributed by atoms with van der Waals surface area (Å²) in [5.74, 6) is 0.696. The Balaban J connectivity index is 0.00000162. The average Bonchev–Trinajstić information content (AvgIpc) is 2.39. The van der Waals surface area contributed by atoms with Gasteiger partial charge in [-0.1, -0.05) is 6.07 Å². The van der Waals surface area contributed by atoms with Crippen molar-refractivity contribution in [3.05, 3.63) is 30.1 Å². The van der Waals surface area contributed by atoms with Crippen LogP contribution in [0.5, 0.6) is 0 Å². The Labute approximate surface area is 116 Å². The number of nitrogens with zero attached hydrogens (tertiary/aromatic N) is 2. The van der Waals surface area contributed by atoms with Crippen LogP contribution < -0.4 is 5.73 Å². The lowest BCUT2D eigenvalue weighted by atomic mass is 9.90. The van der Waals surface area contributed by atoms with E-state index in [0.717, 1.165) is 13.1 Å². The van der Waals surface area contributed by atoms with Gasteiger partial charge in [-0.15, -0.1) is 12.4 Å². The highest BCUT2D eigenvalue weighted by Gasteiger charge is 2.25. The Kier molecular flexibility index (Phi) is 6.06. The van der Waals surface area contributed by atoms with Crippen molar-refractivity contribution < 1.29 is 0 Å². The smallest absolute Gasteiger partial charge is 0.0572 e. The Morgan fingerprint density at radius 1 is 1.28 bits per heavy atom. The van der Waals surface area contributed by atoms with Crippen LogP contribution in [0, 0.1) is 5.92 Å². The van der Waals surface area contributed by atoms with Crippen LogP contribution in [0.2, 0.25) is 0 Å². The molecule has 2 heterocycles. The molecule has 4 heteroatoms. The molecule has 0 aromatic carbocycles. The van der Waals surface area contributed by atoms with E-state index >= 15 is 0 Å². The number of hydrogen-bond donors (Lipinski definition) is 1. The van der Waals surface area contributed by atoms with Crippen LogP contribution in [0.4, 0.5) is 0 Å². The summed E-state index contributed by atoms with van der Waals surface area (Å²) in [5, 5.41) is 0. The lowest BCUT2D eigenvalue weighted by molar-refractivity contribution is 0.130. The normalized spacial score (nSPS) is 21.1. The number of piperidine rings is 1. The molecule has 2 N–H and O–H groups in total. The molecule has 2 unspecified atom stereocenters. The molecule has 1 aromatic rings. The number of halogens is 1. The van der Waals surface area contributed by atoms with Gasteiger partial charge in [0, 0.05) is 18.3 Å². The number of likely N-dealkylation sites (tertiary alicyclic amines) is 1. The molecule has 2 atom stereocenters. The summed E-state index contributed by atoms with van der Waals surface area (Å²) in [6.07, 6.45) is 4.31. The summed E-state index contributed by atoms with van der Waals surface area (Å²) < 4.78 is 0. The molecule has 1 aliphatic rings. The highest BCUT2D eigenvalue weighted by atomic mass is 35.5. The van der Waals surface area contributed by atoms with Crippen LogP contribution in [0.25, 0.3) is 0 Å². The molecule has 0 amide bonds. The molecule has 102 valence electrons. The van der Waals surface area contributed by atoms with E-state index in [1.165, 1.54) is 18.5 Å². The minimum absolute atomic E-state index is 0.